The molecular formula is C14H23N5O2. The number of nitrogens with one attached hydrogen (secondary N) is 2. The van der Waals surface area contributed by atoms with Crippen LogP contribution in [0.25, 0.3) is 0 Å². The van der Waals surface area contributed by atoms with E-state index in [1.165, 1.54) is 6.33 Å². The smallest absolute Gasteiger partial charge is 0.224 e. The number of hydrogen-bond donors (Lipinski definition) is 2. The Balaban J connectivity index is 1.87. The SMILES string of the molecule is CCc1c(NC)ncnc1NCCC(=O)N1CCOCC1. The molecule has 0 aliphatic carbocycles. The first-order chi connectivity index (χ1) is 10.3. The van der Waals surface area contributed by atoms with Crippen molar-refractivity contribution in [2.24, 2.45) is 0 Å². The van der Waals surface area contributed by atoms with E-state index < -0.39 is 0 Å². The number of ether oxygens (including phenoxy) is 1. The summed E-state index contributed by atoms with van der Waals surface area (Å²) in [5.74, 6) is 1.79. The van der Waals surface area contributed by atoms with Gasteiger partial charge in [0.15, 0.2) is 0 Å². The van der Waals surface area contributed by atoms with Gasteiger partial charge in [-0.2, -0.15) is 0 Å². The predicted octanol–water partition coefficient (Wildman–Crippen LogP) is 0.741. The van der Waals surface area contributed by atoms with Gasteiger partial charge in [0.05, 0.1) is 13.2 Å². The number of hydrogen-bond acceptors (Lipinski definition) is 6. The van der Waals surface area contributed by atoms with Gasteiger partial charge in [-0.25, -0.2) is 9.97 Å². The third-order valence-corrected chi connectivity index (χ3v) is 3.53. The number of carbonyl (C=O) groups excluding carboxylic acids is 1. The van der Waals surface area contributed by atoms with Gasteiger partial charge in [0.1, 0.15) is 18.0 Å². The van der Waals surface area contributed by atoms with E-state index >= 15 is 0 Å². The minimum absolute atomic E-state index is 0.159. The van der Waals surface area contributed by atoms with E-state index in [0.29, 0.717) is 39.3 Å². The summed E-state index contributed by atoms with van der Waals surface area (Å²) >= 11 is 0. The Labute approximate surface area is 125 Å². The lowest BCUT2D eigenvalue weighted by Crippen LogP contribution is -2.41. The van der Waals surface area contributed by atoms with Crippen molar-refractivity contribution in [1.29, 1.82) is 0 Å². The van der Waals surface area contributed by atoms with Crippen molar-refractivity contribution in [3.05, 3.63) is 11.9 Å². The van der Waals surface area contributed by atoms with Crippen LogP contribution in [0.4, 0.5) is 11.6 Å². The van der Waals surface area contributed by atoms with Crippen molar-refractivity contribution in [2.45, 2.75) is 19.8 Å². The molecule has 1 aliphatic heterocycles. The number of nitrogens with zero attached hydrogens (tertiary/aromatic N) is 3. The highest BCUT2D eigenvalue weighted by Crippen LogP contribution is 2.19. The Morgan fingerprint density at radius 1 is 1.33 bits per heavy atom. The maximum absolute atomic E-state index is 12.1. The molecule has 116 valence electrons. The van der Waals surface area contributed by atoms with E-state index in [9.17, 15) is 4.79 Å². The number of aromatic nitrogens is 2. The lowest BCUT2D eigenvalue weighted by Gasteiger charge is -2.27. The van der Waals surface area contributed by atoms with Crippen LogP contribution in [0.3, 0.4) is 0 Å². The summed E-state index contributed by atoms with van der Waals surface area (Å²) in [5.41, 5.74) is 1.04. The molecule has 0 atom stereocenters. The predicted molar refractivity (Wildman–Crippen MR) is 81.5 cm³/mol. The molecule has 2 N–H and O–H groups in total. The summed E-state index contributed by atoms with van der Waals surface area (Å²) in [4.78, 5) is 22.4. The second-order valence-corrected chi connectivity index (χ2v) is 4.82. The van der Waals surface area contributed by atoms with Gasteiger partial charge in [-0.05, 0) is 6.42 Å². The largest absolute Gasteiger partial charge is 0.378 e. The summed E-state index contributed by atoms with van der Waals surface area (Å²) < 4.78 is 5.25. The van der Waals surface area contributed by atoms with Crippen LogP contribution >= 0.6 is 0 Å². The van der Waals surface area contributed by atoms with Crippen molar-refractivity contribution in [2.75, 3.05) is 50.5 Å². The molecule has 0 spiro atoms. The van der Waals surface area contributed by atoms with E-state index in [2.05, 4.69) is 27.5 Å². The maximum atomic E-state index is 12.1. The molecule has 1 saturated heterocycles. The van der Waals surface area contributed by atoms with Gasteiger partial charge in [-0.1, -0.05) is 6.92 Å². The summed E-state index contributed by atoms with van der Waals surface area (Å²) in [6, 6.07) is 0. The van der Waals surface area contributed by atoms with Gasteiger partial charge < -0.3 is 20.3 Å². The van der Waals surface area contributed by atoms with Gasteiger partial charge >= 0.3 is 0 Å². The standard InChI is InChI=1S/C14H23N5O2/c1-3-11-13(15-2)17-10-18-14(11)16-5-4-12(20)19-6-8-21-9-7-19/h10H,3-9H2,1-2H3,(H2,15,16,17,18). The third kappa shape index (κ3) is 4.04. The Bertz CT molecular complexity index is 474. The zero-order chi connectivity index (χ0) is 15.1. The molecule has 0 saturated carbocycles. The molecule has 0 aromatic carbocycles. The molecule has 1 aromatic rings. The van der Waals surface area contributed by atoms with E-state index in [1.54, 1.807) is 0 Å². The zero-order valence-corrected chi connectivity index (χ0v) is 12.7. The molecule has 21 heavy (non-hydrogen) atoms. The molecule has 0 radical (unpaired) electrons. The minimum atomic E-state index is 0.159. The number of carbonyl (C=O) groups is 1. The van der Waals surface area contributed by atoms with E-state index in [4.69, 9.17) is 4.74 Å². The Kier molecular flexibility index (Phi) is 5.74. The van der Waals surface area contributed by atoms with Gasteiger partial charge in [-0.3, -0.25) is 4.79 Å². The van der Waals surface area contributed by atoms with Gasteiger partial charge in [-0.15, -0.1) is 0 Å². The fraction of sp³-hybridized carbons (Fsp3) is 0.643. The monoisotopic (exact) mass is 293 g/mol. The van der Waals surface area contributed by atoms with Crippen molar-refractivity contribution in [3.8, 4) is 0 Å². The van der Waals surface area contributed by atoms with Crippen LogP contribution in [0.1, 0.15) is 18.9 Å². The average Bonchev–Trinajstić information content (AvgIpc) is 2.55. The molecule has 0 bridgehead atoms. The molecular weight excluding hydrogens is 270 g/mol. The Morgan fingerprint density at radius 3 is 2.71 bits per heavy atom. The summed E-state index contributed by atoms with van der Waals surface area (Å²) in [7, 11) is 1.84. The number of amides is 1. The van der Waals surface area contributed by atoms with Gasteiger partial charge in [0.2, 0.25) is 5.91 Å². The molecule has 2 heterocycles. The van der Waals surface area contributed by atoms with E-state index in [-0.39, 0.29) is 5.91 Å². The quantitative estimate of drug-likeness (QED) is 0.805. The molecule has 1 amide bonds. The summed E-state index contributed by atoms with van der Waals surface area (Å²) in [6.07, 6.45) is 2.82. The molecule has 1 aliphatic rings. The Hall–Kier alpha value is -1.89. The van der Waals surface area contributed by atoms with Crippen LogP contribution in [0.2, 0.25) is 0 Å². The van der Waals surface area contributed by atoms with Gasteiger partial charge in [0.25, 0.3) is 0 Å². The first kappa shape index (κ1) is 15.5. The maximum Gasteiger partial charge on any atom is 0.224 e. The number of rotatable bonds is 6. The molecule has 1 fully saturated rings. The topological polar surface area (TPSA) is 79.4 Å². The zero-order valence-electron chi connectivity index (χ0n) is 12.7. The van der Waals surface area contributed by atoms with Crippen LogP contribution in [0, 0.1) is 0 Å². The molecule has 7 nitrogen and oxygen atoms in total. The van der Waals surface area contributed by atoms with E-state index in [0.717, 1.165) is 23.6 Å². The second-order valence-electron chi connectivity index (χ2n) is 4.82. The number of anilines is 2. The van der Waals surface area contributed by atoms with Gasteiger partial charge in [0, 0.05) is 38.7 Å². The van der Waals surface area contributed by atoms with Crippen molar-refractivity contribution < 1.29 is 9.53 Å². The van der Waals surface area contributed by atoms with Crippen molar-refractivity contribution in [1.82, 2.24) is 14.9 Å². The normalized spacial score (nSPS) is 14.9. The third-order valence-electron chi connectivity index (χ3n) is 3.53. The molecule has 1 aromatic heterocycles. The van der Waals surface area contributed by atoms with Crippen LogP contribution in [0.5, 0.6) is 0 Å². The first-order valence-corrected chi connectivity index (χ1v) is 7.37. The number of morpholine rings is 1. The lowest BCUT2D eigenvalue weighted by atomic mass is 10.2. The lowest BCUT2D eigenvalue weighted by molar-refractivity contribution is -0.134. The fourth-order valence-electron chi connectivity index (χ4n) is 2.37. The van der Waals surface area contributed by atoms with Crippen LogP contribution in [0.15, 0.2) is 6.33 Å². The van der Waals surface area contributed by atoms with Crippen LogP contribution in [-0.4, -0.2) is 60.7 Å². The van der Waals surface area contributed by atoms with Crippen molar-refractivity contribution >= 4 is 17.5 Å². The molecule has 7 heteroatoms. The van der Waals surface area contributed by atoms with E-state index in [1.807, 2.05) is 11.9 Å². The average molecular weight is 293 g/mol. The highest BCUT2D eigenvalue weighted by atomic mass is 16.5. The van der Waals surface area contributed by atoms with Crippen LogP contribution in [-0.2, 0) is 16.0 Å². The summed E-state index contributed by atoms with van der Waals surface area (Å²) in [6.45, 7) is 5.28. The highest BCUT2D eigenvalue weighted by molar-refractivity contribution is 5.76. The minimum Gasteiger partial charge on any atom is -0.378 e. The Morgan fingerprint density at radius 2 is 2.05 bits per heavy atom. The first-order valence-electron chi connectivity index (χ1n) is 7.37. The highest BCUT2D eigenvalue weighted by Gasteiger charge is 2.16. The molecule has 2 rings (SSSR count). The van der Waals surface area contributed by atoms with Crippen LogP contribution < -0.4 is 10.6 Å². The molecule has 0 unspecified atom stereocenters. The summed E-state index contributed by atoms with van der Waals surface area (Å²) in [5, 5.41) is 6.30. The van der Waals surface area contributed by atoms with Crippen molar-refractivity contribution in [3.63, 3.8) is 0 Å². The second kappa shape index (κ2) is 7.78. The fourth-order valence-corrected chi connectivity index (χ4v) is 2.37.